The minimum atomic E-state index is -3.99. The fourth-order valence-electron chi connectivity index (χ4n) is 4.43. The standard InChI is InChI=1S/C24H18N2O7S/c1-12(27)18-20-19-16-5-3-2-4-13(16)6-11-17(19)33-24(30)21(20)23(29)26(22(18)28)14-7-9-15(10-8-14)34(25,31)32/h2-11,20,27,30H,1H3,(H2,25,31,32)/b18-12+. The Balaban J connectivity index is 1.73. The highest BCUT2D eigenvalue weighted by atomic mass is 32.2. The van der Waals surface area contributed by atoms with Crippen molar-refractivity contribution in [1.82, 2.24) is 0 Å². The minimum Gasteiger partial charge on any atom is -0.512 e. The van der Waals surface area contributed by atoms with Gasteiger partial charge in [-0.2, -0.15) is 0 Å². The molecule has 1 unspecified atom stereocenters. The van der Waals surface area contributed by atoms with Crippen molar-refractivity contribution in [3.8, 4) is 5.75 Å². The molecule has 1 fully saturated rings. The number of rotatable bonds is 2. The lowest BCUT2D eigenvalue weighted by Crippen LogP contribution is -2.48. The summed E-state index contributed by atoms with van der Waals surface area (Å²) in [5, 5.41) is 27.9. The molecular weight excluding hydrogens is 460 g/mol. The molecule has 10 heteroatoms. The van der Waals surface area contributed by atoms with Gasteiger partial charge in [0.05, 0.1) is 27.8 Å². The molecule has 34 heavy (non-hydrogen) atoms. The average Bonchev–Trinajstić information content (AvgIpc) is 2.78. The second-order valence-electron chi connectivity index (χ2n) is 7.94. The number of primary sulfonamides is 1. The Labute approximate surface area is 194 Å². The molecular formula is C24H18N2O7S. The van der Waals surface area contributed by atoms with E-state index in [0.717, 1.165) is 22.4 Å². The van der Waals surface area contributed by atoms with Crippen molar-refractivity contribution in [2.75, 3.05) is 4.90 Å². The van der Waals surface area contributed by atoms with Gasteiger partial charge in [0.15, 0.2) is 0 Å². The van der Waals surface area contributed by atoms with Crippen LogP contribution in [0.25, 0.3) is 10.8 Å². The number of nitrogens with two attached hydrogens (primary N) is 1. The molecule has 172 valence electrons. The second kappa shape index (κ2) is 7.44. The first-order valence-corrected chi connectivity index (χ1v) is 11.7. The summed E-state index contributed by atoms with van der Waals surface area (Å²) in [6.45, 7) is 1.32. The zero-order valence-electron chi connectivity index (χ0n) is 17.7. The van der Waals surface area contributed by atoms with Crippen LogP contribution >= 0.6 is 0 Å². The van der Waals surface area contributed by atoms with Gasteiger partial charge in [0.25, 0.3) is 17.8 Å². The van der Waals surface area contributed by atoms with Crippen LogP contribution in [0.1, 0.15) is 18.4 Å². The van der Waals surface area contributed by atoms with Gasteiger partial charge in [0, 0.05) is 5.56 Å². The molecule has 2 heterocycles. The van der Waals surface area contributed by atoms with Crippen LogP contribution in [-0.4, -0.2) is 30.4 Å². The third-order valence-corrected chi connectivity index (χ3v) is 6.84. The van der Waals surface area contributed by atoms with Crippen molar-refractivity contribution in [3.05, 3.63) is 89.1 Å². The number of benzene rings is 3. The maximum atomic E-state index is 13.6. The number of fused-ring (bicyclic) bond motifs is 5. The van der Waals surface area contributed by atoms with Gasteiger partial charge in [-0.05, 0) is 48.0 Å². The molecule has 0 aliphatic carbocycles. The number of allylic oxidation sites excluding steroid dienone is 1. The van der Waals surface area contributed by atoms with Gasteiger partial charge < -0.3 is 14.9 Å². The highest BCUT2D eigenvalue weighted by Gasteiger charge is 2.49. The van der Waals surface area contributed by atoms with Gasteiger partial charge >= 0.3 is 0 Å². The number of imide groups is 1. The van der Waals surface area contributed by atoms with Crippen LogP contribution in [-0.2, 0) is 19.6 Å². The Morgan fingerprint density at radius 2 is 1.68 bits per heavy atom. The lowest BCUT2D eigenvalue weighted by molar-refractivity contribution is -0.124. The third kappa shape index (κ3) is 3.15. The maximum Gasteiger partial charge on any atom is 0.292 e. The lowest BCUT2D eigenvalue weighted by Gasteiger charge is -2.37. The van der Waals surface area contributed by atoms with Gasteiger partial charge in [-0.3, -0.25) is 9.59 Å². The van der Waals surface area contributed by atoms with E-state index in [4.69, 9.17) is 9.88 Å². The summed E-state index contributed by atoms with van der Waals surface area (Å²) in [7, 11) is -3.99. The SMILES string of the molecule is C/C(O)=C1\C(=O)N(c2ccc(S(N)(=O)=O)cc2)C(=O)C2=C(O)Oc3ccc4ccccc4c3C21. The number of amides is 2. The fourth-order valence-corrected chi connectivity index (χ4v) is 4.95. The van der Waals surface area contributed by atoms with Gasteiger partial charge in [0.1, 0.15) is 11.3 Å². The van der Waals surface area contributed by atoms with E-state index < -0.39 is 33.7 Å². The Bertz CT molecular complexity index is 1570. The molecule has 5 rings (SSSR count). The molecule has 2 aliphatic heterocycles. The predicted octanol–water partition coefficient (Wildman–Crippen LogP) is 3.14. The Kier molecular flexibility index (Phi) is 4.74. The van der Waals surface area contributed by atoms with Gasteiger partial charge in [-0.1, -0.05) is 30.3 Å². The van der Waals surface area contributed by atoms with Crippen molar-refractivity contribution in [2.24, 2.45) is 5.14 Å². The van der Waals surface area contributed by atoms with Crippen LogP contribution in [0.15, 0.2) is 88.4 Å². The third-order valence-electron chi connectivity index (χ3n) is 5.91. The summed E-state index contributed by atoms with van der Waals surface area (Å²) in [5.41, 5.74) is 0.170. The van der Waals surface area contributed by atoms with Crippen LogP contribution in [0.4, 0.5) is 5.69 Å². The molecule has 0 radical (unpaired) electrons. The molecule has 0 spiro atoms. The number of hydrogen-bond donors (Lipinski definition) is 3. The number of ether oxygens (including phenoxy) is 1. The molecule has 1 atom stereocenters. The molecule has 4 N–H and O–H groups in total. The number of sulfonamides is 1. The van der Waals surface area contributed by atoms with Crippen LogP contribution in [0.5, 0.6) is 5.75 Å². The normalized spacial score (nSPS) is 19.6. The fraction of sp³-hybridized carbons (Fsp3) is 0.0833. The summed E-state index contributed by atoms with van der Waals surface area (Å²) in [5.74, 6) is -3.50. The van der Waals surface area contributed by atoms with E-state index >= 15 is 0 Å². The molecule has 2 aliphatic rings. The Morgan fingerprint density at radius 3 is 2.32 bits per heavy atom. The van der Waals surface area contributed by atoms with E-state index in [1.807, 2.05) is 12.1 Å². The molecule has 1 saturated heterocycles. The summed E-state index contributed by atoms with van der Waals surface area (Å²) in [6, 6.07) is 15.5. The first-order chi connectivity index (χ1) is 16.1. The molecule has 3 aromatic carbocycles. The summed E-state index contributed by atoms with van der Waals surface area (Å²) in [6.07, 6.45) is 0. The quantitative estimate of drug-likeness (QED) is 0.291. The number of piperidine rings is 1. The van der Waals surface area contributed by atoms with Crippen molar-refractivity contribution < 1.29 is 33.0 Å². The van der Waals surface area contributed by atoms with E-state index in [-0.39, 0.29) is 33.2 Å². The van der Waals surface area contributed by atoms with Crippen LogP contribution in [0.3, 0.4) is 0 Å². The number of nitrogens with zero attached hydrogens (tertiary/aromatic N) is 1. The number of carbonyl (C=O) groups is 2. The van der Waals surface area contributed by atoms with Crippen LogP contribution in [0, 0.1) is 0 Å². The van der Waals surface area contributed by atoms with Gasteiger partial charge in [-0.25, -0.2) is 18.5 Å². The van der Waals surface area contributed by atoms with Crippen molar-refractivity contribution >= 4 is 38.3 Å². The highest BCUT2D eigenvalue weighted by Crippen LogP contribution is 2.50. The Morgan fingerprint density at radius 1 is 1.00 bits per heavy atom. The van der Waals surface area contributed by atoms with Crippen molar-refractivity contribution in [3.63, 3.8) is 0 Å². The molecule has 9 nitrogen and oxygen atoms in total. The van der Waals surface area contributed by atoms with E-state index in [0.29, 0.717) is 10.9 Å². The lowest BCUT2D eigenvalue weighted by atomic mass is 9.76. The first-order valence-electron chi connectivity index (χ1n) is 10.1. The topological polar surface area (TPSA) is 147 Å². The summed E-state index contributed by atoms with van der Waals surface area (Å²) < 4.78 is 28.7. The monoisotopic (exact) mass is 478 g/mol. The molecule has 0 bridgehead atoms. The van der Waals surface area contributed by atoms with E-state index in [9.17, 15) is 28.2 Å². The number of aliphatic hydroxyl groups excluding tert-OH is 2. The smallest absolute Gasteiger partial charge is 0.292 e. The van der Waals surface area contributed by atoms with E-state index in [1.54, 1.807) is 24.3 Å². The zero-order chi connectivity index (χ0) is 24.4. The maximum absolute atomic E-state index is 13.6. The van der Waals surface area contributed by atoms with Gasteiger partial charge in [-0.15, -0.1) is 0 Å². The largest absolute Gasteiger partial charge is 0.512 e. The average molecular weight is 478 g/mol. The van der Waals surface area contributed by atoms with E-state index in [2.05, 4.69) is 0 Å². The molecule has 0 saturated carbocycles. The number of hydrogen-bond acceptors (Lipinski definition) is 7. The summed E-state index contributed by atoms with van der Waals surface area (Å²) >= 11 is 0. The molecule has 0 aromatic heterocycles. The molecule has 3 aromatic rings. The first kappa shape index (κ1) is 21.7. The van der Waals surface area contributed by atoms with E-state index in [1.165, 1.54) is 19.1 Å². The summed E-state index contributed by atoms with van der Waals surface area (Å²) in [4.78, 5) is 27.7. The van der Waals surface area contributed by atoms with Crippen LogP contribution in [0.2, 0.25) is 0 Å². The number of aliphatic hydroxyl groups is 2. The highest BCUT2D eigenvalue weighted by molar-refractivity contribution is 7.89. The Hall–Kier alpha value is -4.15. The van der Waals surface area contributed by atoms with Gasteiger partial charge in [0.2, 0.25) is 10.0 Å². The zero-order valence-corrected chi connectivity index (χ0v) is 18.5. The van der Waals surface area contributed by atoms with Crippen molar-refractivity contribution in [2.45, 2.75) is 17.7 Å². The predicted molar refractivity (Wildman–Crippen MR) is 123 cm³/mol. The number of carbonyl (C=O) groups excluding carboxylic acids is 2. The second-order valence-corrected chi connectivity index (χ2v) is 9.50. The minimum absolute atomic E-state index is 0.0311. The number of anilines is 1. The van der Waals surface area contributed by atoms with Crippen molar-refractivity contribution in [1.29, 1.82) is 0 Å². The van der Waals surface area contributed by atoms with Crippen LogP contribution < -0.4 is 14.8 Å². The molecule has 2 amide bonds.